The predicted octanol–water partition coefficient (Wildman–Crippen LogP) is 3.28. The summed E-state index contributed by atoms with van der Waals surface area (Å²) in [7, 11) is -3.65. The molecule has 1 aliphatic heterocycles. The van der Waals surface area contributed by atoms with E-state index in [1.54, 1.807) is 18.2 Å². The van der Waals surface area contributed by atoms with E-state index in [4.69, 9.17) is 11.6 Å². The zero-order chi connectivity index (χ0) is 17.9. The molecule has 0 bridgehead atoms. The molecule has 2 aromatic carbocycles. The smallest absolute Gasteiger partial charge is 0.261 e. The Labute approximate surface area is 154 Å². The normalized spacial score (nSPS) is 16.0. The van der Waals surface area contributed by atoms with Crippen LogP contribution in [-0.4, -0.2) is 46.0 Å². The van der Waals surface area contributed by atoms with Gasteiger partial charge in [0.2, 0.25) is 0 Å². The quantitative estimate of drug-likeness (QED) is 0.866. The van der Waals surface area contributed by atoms with Gasteiger partial charge >= 0.3 is 0 Å². The first-order valence-electron chi connectivity index (χ1n) is 8.34. The third kappa shape index (κ3) is 4.26. The van der Waals surface area contributed by atoms with Crippen molar-refractivity contribution in [3.8, 4) is 0 Å². The Kier molecular flexibility index (Phi) is 5.51. The first-order chi connectivity index (χ1) is 12.0. The van der Waals surface area contributed by atoms with Gasteiger partial charge in [-0.2, -0.15) is 0 Å². The maximum atomic E-state index is 12.7. The molecule has 5 nitrogen and oxygen atoms in total. The standard InChI is InChI=1S/C18H22ClN3O2S/c1-2-21-11-13-22(14-12-21)18-6-4-3-5-17(18)20-25(23,24)16-9-7-15(19)8-10-16/h3-10,20H,2,11-14H2,1H3. The van der Waals surface area contributed by atoms with Crippen molar-refractivity contribution in [2.75, 3.05) is 42.3 Å². The van der Waals surface area contributed by atoms with Gasteiger partial charge < -0.3 is 9.80 Å². The summed E-state index contributed by atoms with van der Waals surface area (Å²) in [6, 6.07) is 13.7. The lowest BCUT2D eigenvalue weighted by Crippen LogP contribution is -2.46. The zero-order valence-electron chi connectivity index (χ0n) is 14.2. The number of halogens is 1. The SMILES string of the molecule is CCN1CCN(c2ccccc2NS(=O)(=O)c2ccc(Cl)cc2)CC1. The van der Waals surface area contributed by atoms with Gasteiger partial charge in [-0.25, -0.2) is 8.42 Å². The van der Waals surface area contributed by atoms with Gasteiger partial charge in [-0.1, -0.05) is 30.7 Å². The molecule has 1 saturated heterocycles. The molecule has 2 aromatic rings. The maximum absolute atomic E-state index is 12.7. The molecule has 0 atom stereocenters. The van der Waals surface area contributed by atoms with Gasteiger partial charge in [-0.3, -0.25) is 4.72 Å². The van der Waals surface area contributed by atoms with Crippen LogP contribution >= 0.6 is 11.6 Å². The van der Waals surface area contributed by atoms with Crippen molar-refractivity contribution >= 4 is 33.0 Å². The number of anilines is 2. The highest BCUT2D eigenvalue weighted by Crippen LogP contribution is 2.29. The first-order valence-corrected chi connectivity index (χ1v) is 10.2. The minimum absolute atomic E-state index is 0.197. The first kappa shape index (κ1) is 18.0. The number of benzene rings is 2. The van der Waals surface area contributed by atoms with Gasteiger partial charge in [0, 0.05) is 31.2 Å². The maximum Gasteiger partial charge on any atom is 0.261 e. The second kappa shape index (κ2) is 7.64. The molecule has 0 unspecified atom stereocenters. The van der Waals surface area contributed by atoms with E-state index in [0.29, 0.717) is 10.7 Å². The van der Waals surface area contributed by atoms with Crippen LogP contribution in [0.15, 0.2) is 53.4 Å². The average Bonchev–Trinajstić information content (AvgIpc) is 2.62. The van der Waals surface area contributed by atoms with Crippen molar-refractivity contribution in [2.24, 2.45) is 0 Å². The van der Waals surface area contributed by atoms with Crippen molar-refractivity contribution in [3.05, 3.63) is 53.6 Å². The van der Waals surface area contributed by atoms with Crippen molar-refractivity contribution in [3.63, 3.8) is 0 Å². The highest BCUT2D eigenvalue weighted by atomic mass is 35.5. The highest BCUT2D eigenvalue weighted by Gasteiger charge is 2.21. The third-order valence-electron chi connectivity index (χ3n) is 4.43. The van der Waals surface area contributed by atoms with E-state index in [2.05, 4.69) is 21.4 Å². The summed E-state index contributed by atoms with van der Waals surface area (Å²) in [5, 5.41) is 0.508. The largest absolute Gasteiger partial charge is 0.367 e. The number of para-hydroxylation sites is 2. The number of nitrogens with one attached hydrogen (secondary N) is 1. The van der Waals surface area contributed by atoms with E-state index in [1.807, 2.05) is 18.2 Å². The predicted molar refractivity (Wildman–Crippen MR) is 103 cm³/mol. The number of rotatable bonds is 5. The molecular formula is C18H22ClN3O2S. The van der Waals surface area contributed by atoms with Crippen LogP contribution in [0.4, 0.5) is 11.4 Å². The van der Waals surface area contributed by atoms with Crippen molar-refractivity contribution < 1.29 is 8.42 Å². The Morgan fingerprint density at radius 2 is 1.64 bits per heavy atom. The second-order valence-corrected chi connectivity index (χ2v) is 8.12. The van der Waals surface area contributed by atoms with Gasteiger partial charge in [0.05, 0.1) is 16.3 Å². The number of piperazine rings is 1. The summed E-state index contributed by atoms with van der Waals surface area (Å²) >= 11 is 5.85. The van der Waals surface area contributed by atoms with E-state index in [0.717, 1.165) is 38.4 Å². The molecule has 1 N–H and O–H groups in total. The highest BCUT2D eigenvalue weighted by molar-refractivity contribution is 7.92. The average molecular weight is 380 g/mol. The second-order valence-electron chi connectivity index (χ2n) is 6.00. The Balaban J connectivity index is 1.82. The van der Waals surface area contributed by atoms with E-state index < -0.39 is 10.0 Å². The van der Waals surface area contributed by atoms with Crippen molar-refractivity contribution in [1.82, 2.24) is 4.90 Å². The van der Waals surface area contributed by atoms with E-state index >= 15 is 0 Å². The number of hydrogen-bond acceptors (Lipinski definition) is 4. The lowest BCUT2D eigenvalue weighted by molar-refractivity contribution is 0.271. The number of sulfonamides is 1. The molecule has 3 rings (SSSR count). The molecule has 0 amide bonds. The molecule has 1 fully saturated rings. The molecule has 0 spiro atoms. The van der Waals surface area contributed by atoms with Crippen LogP contribution in [0.3, 0.4) is 0 Å². The molecule has 1 heterocycles. The molecule has 0 radical (unpaired) electrons. The lowest BCUT2D eigenvalue weighted by atomic mass is 10.2. The van der Waals surface area contributed by atoms with Crippen molar-refractivity contribution in [1.29, 1.82) is 0 Å². The molecule has 0 aliphatic carbocycles. The molecule has 7 heteroatoms. The van der Waals surface area contributed by atoms with Crippen LogP contribution in [0.5, 0.6) is 0 Å². The van der Waals surface area contributed by atoms with Crippen LogP contribution in [0.25, 0.3) is 0 Å². The van der Waals surface area contributed by atoms with Crippen molar-refractivity contribution in [2.45, 2.75) is 11.8 Å². The van der Waals surface area contributed by atoms with Gasteiger partial charge in [0.1, 0.15) is 0 Å². The van der Waals surface area contributed by atoms with Gasteiger partial charge in [0.15, 0.2) is 0 Å². The summed E-state index contributed by atoms with van der Waals surface area (Å²) in [4.78, 5) is 4.81. The fraction of sp³-hybridized carbons (Fsp3) is 0.333. The molecule has 0 aromatic heterocycles. The Bertz CT molecular complexity index is 816. The van der Waals surface area contributed by atoms with Crippen LogP contribution in [0.1, 0.15) is 6.92 Å². The third-order valence-corrected chi connectivity index (χ3v) is 6.07. The molecule has 0 saturated carbocycles. The summed E-state index contributed by atoms with van der Waals surface area (Å²) in [6.45, 7) is 6.92. The minimum atomic E-state index is -3.65. The Morgan fingerprint density at radius 1 is 1.00 bits per heavy atom. The topological polar surface area (TPSA) is 52.6 Å². The zero-order valence-corrected chi connectivity index (χ0v) is 15.7. The van der Waals surface area contributed by atoms with Crippen LogP contribution < -0.4 is 9.62 Å². The monoisotopic (exact) mass is 379 g/mol. The Hall–Kier alpha value is -1.76. The van der Waals surface area contributed by atoms with Gasteiger partial charge in [-0.05, 0) is 42.9 Å². The Morgan fingerprint density at radius 3 is 2.28 bits per heavy atom. The fourth-order valence-corrected chi connectivity index (χ4v) is 4.16. The molecule has 134 valence electrons. The summed E-state index contributed by atoms with van der Waals surface area (Å²) in [5.41, 5.74) is 1.51. The fourth-order valence-electron chi connectivity index (χ4n) is 2.96. The number of nitrogens with zero attached hydrogens (tertiary/aromatic N) is 2. The van der Waals surface area contributed by atoms with Crippen LogP contribution in [0, 0.1) is 0 Å². The van der Waals surface area contributed by atoms with Gasteiger partial charge in [0.25, 0.3) is 10.0 Å². The number of likely N-dealkylation sites (N-methyl/N-ethyl adjacent to an activating group) is 1. The lowest BCUT2D eigenvalue weighted by Gasteiger charge is -2.36. The number of hydrogen-bond donors (Lipinski definition) is 1. The van der Waals surface area contributed by atoms with E-state index in [-0.39, 0.29) is 4.90 Å². The van der Waals surface area contributed by atoms with E-state index in [9.17, 15) is 8.42 Å². The summed E-state index contributed by atoms with van der Waals surface area (Å²) in [5.74, 6) is 0. The van der Waals surface area contributed by atoms with Crippen LogP contribution in [-0.2, 0) is 10.0 Å². The summed E-state index contributed by atoms with van der Waals surface area (Å²) < 4.78 is 28.0. The van der Waals surface area contributed by atoms with Crippen LogP contribution in [0.2, 0.25) is 5.02 Å². The summed E-state index contributed by atoms with van der Waals surface area (Å²) in [6.07, 6.45) is 0. The minimum Gasteiger partial charge on any atom is -0.367 e. The van der Waals surface area contributed by atoms with Gasteiger partial charge in [-0.15, -0.1) is 0 Å². The molecular weight excluding hydrogens is 358 g/mol. The molecule has 25 heavy (non-hydrogen) atoms. The molecule has 1 aliphatic rings. The van der Waals surface area contributed by atoms with E-state index in [1.165, 1.54) is 12.1 Å².